The molecule has 10 aliphatic rings. The van der Waals surface area contributed by atoms with Gasteiger partial charge in [-0.25, -0.2) is 0 Å². The number of hydrogen-bond acceptors (Lipinski definition) is 23. The minimum Gasteiger partial charge on any atom is -0.396 e. The summed E-state index contributed by atoms with van der Waals surface area (Å²) in [5, 5.41) is 155. The van der Waals surface area contributed by atoms with E-state index in [-0.39, 0.29) is 35.2 Å². The van der Waals surface area contributed by atoms with Crippen molar-refractivity contribution in [2.75, 3.05) is 26.4 Å². The lowest BCUT2D eigenvalue weighted by molar-refractivity contribution is -0.403. The second-order valence-electron chi connectivity index (χ2n) is 26.6. The fraction of sp³-hybridized carbons (Fsp3) is 0.963. The standard InChI is InChI=1S/C54H88O23/c1-22-32(60)35(63)38(66)44(70-22)75-41-25(19-56)73-46(40(68)37(41)65)76-42-33(61)23(2)71-47(43(42)77-45-39(67)36(64)34(62)24(18-55)72-45)74-31-11-12-49(5)26(50(31,6)20-57)9-13-51(7)27(49)10-14-54-28-15-48(3,4)29(58)17-53(28,21-69-54)30(59)16-52(51,54)8/h10,14,22-47,55-68H,9,11-13,15-21H2,1-8H3/t22-,23+,24-,25+,26+,27+,28+,29-,30-,31-,32-,33-,34+,35+,36-,37+,38+,39-,40+,41+,42-,43+,44-,45?,46-,47-,49-,50-,51+,52-,53+,54-/m0/s1. The fourth-order valence-corrected chi connectivity index (χ4v) is 17.2. The number of ether oxygens (including phenoxy) is 9. The number of fused-ring (bicyclic) bond motifs is 4. The van der Waals surface area contributed by atoms with E-state index in [1.54, 1.807) is 0 Å². The maximum atomic E-state index is 12.3. The lowest BCUT2D eigenvalue weighted by atomic mass is 9.32. The van der Waals surface area contributed by atoms with Crippen LogP contribution in [0.3, 0.4) is 0 Å². The molecular weight excluding hydrogens is 1020 g/mol. The molecule has 5 saturated heterocycles. The van der Waals surface area contributed by atoms with Crippen LogP contribution in [0, 0.1) is 50.2 Å². The average molecular weight is 1110 g/mol. The molecule has 2 bridgehead atoms. The zero-order valence-electron chi connectivity index (χ0n) is 45.4. The summed E-state index contributed by atoms with van der Waals surface area (Å²) in [4.78, 5) is 0. The first kappa shape index (κ1) is 59.0. The second-order valence-corrected chi connectivity index (χ2v) is 26.6. The van der Waals surface area contributed by atoms with Crippen LogP contribution in [0.25, 0.3) is 0 Å². The van der Waals surface area contributed by atoms with Gasteiger partial charge in [0, 0.05) is 22.2 Å². The maximum Gasteiger partial charge on any atom is 0.187 e. The van der Waals surface area contributed by atoms with Crippen molar-refractivity contribution in [2.45, 2.75) is 247 Å². The molecule has 4 saturated carbocycles. The predicted molar refractivity (Wildman–Crippen MR) is 262 cm³/mol. The van der Waals surface area contributed by atoms with E-state index in [0.29, 0.717) is 45.1 Å². The van der Waals surface area contributed by atoms with Crippen LogP contribution in [0.4, 0.5) is 0 Å². The monoisotopic (exact) mass is 1100 g/mol. The number of hydrogen-bond donors (Lipinski definition) is 14. The molecule has 0 aromatic rings. The molecule has 5 heterocycles. The van der Waals surface area contributed by atoms with E-state index in [1.165, 1.54) is 13.8 Å². The highest BCUT2D eigenvalue weighted by Crippen LogP contribution is 2.79. The van der Waals surface area contributed by atoms with Crippen molar-refractivity contribution < 1.29 is 114 Å². The largest absolute Gasteiger partial charge is 0.396 e. The van der Waals surface area contributed by atoms with Gasteiger partial charge < -0.3 is 114 Å². The Labute approximate surface area is 448 Å². The molecule has 9 fully saturated rings. The SMILES string of the molecule is C[C@@H]1O[C@@H](O[C@H]2[C@H](O)[C@@H](O)[C@H](O[C@H]3[C@@H](O)[C@@H](C)O[C@@H](O[C@H]4CC[C@@]5(C)[C@@H](CC[C@]6(C)[C@@H]5C=C[C@]57OC[C@@]8(C[C@H](O)C(C)(C)C[C@H]85)[C@@H](O)C[C@]76C)[C@]4(C)CO)[C@@H]3OC3O[C@@H](CO)[C@@H](O)[C@H](O)[C@@H]3O)O[C@@H]2CO)[C@H](O)[C@H](O)[C@H]1O. The molecule has 0 radical (unpaired) electrons. The van der Waals surface area contributed by atoms with Crippen LogP contribution in [-0.4, -0.2) is 245 Å². The highest BCUT2D eigenvalue weighted by atomic mass is 16.8. The molecule has 1 unspecified atom stereocenters. The lowest BCUT2D eigenvalue weighted by Gasteiger charge is -2.73. The summed E-state index contributed by atoms with van der Waals surface area (Å²) in [6.45, 7) is 14.4. The molecule has 77 heavy (non-hydrogen) atoms. The van der Waals surface area contributed by atoms with E-state index in [0.717, 1.165) is 6.42 Å². The Balaban J connectivity index is 0.937. The van der Waals surface area contributed by atoms with Crippen molar-refractivity contribution >= 4 is 0 Å². The Kier molecular flexibility index (Phi) is 15.8. The Morgan fingerprint density at radius 1 is 0.519 bits per heavy atom. The summed E-state index contributed by atoms with van der Waals surface area (Å²) in [7, 11) is 0. The summed E-state index contributed by atoms with van der Waals surface area (Å²) in [5.74, 6) is -0.210. The first-order valence-corrected chi connectivity index (χ1v) is 27.9. The van der Waals surface area contributed by atoms with Crippen molar-refractivity contribution in [1.82, 2.24) is 0 Å². The second kappa shape index (κ2) is 20.6. The summed E-state index contributed by atoms with van der Waals surface area (Å²) >= 11 is 0. The molecule has 5 aliphatic carbocycles. The van der Waals surface area contributed by atoms with Crippen LogP contribution in [-0.2, 0) is 42.6 Å². The van der Waals surface area contributed by atoms with Crippen LogP contribution >= 0.6 is 0 Å². The Hall–Kier alpha value is -1.18. The van der Waals surface area contributed by atoms with Gasteiger partial charge in [-0.2, -0.15) is 0 Å². The molecule has 1 spiro atoms. The summed E-state index contributed by atoms with van der Waals surface area (Å²) in [5.41, 5.74) is -3.90. The third kappa shape index (κ3) is 8.68. The average Bonchev–Trinajstić information content (AvgIpc) is 3.73. The summed E-state index contributed by atoms with van der Waals surface area (Å²) < 4.78 is 56.3. The Morgan fingerprint density at radius 3 is 1.74 bits per heavy atom. The number of rotatable bonds is 11. The summed E-state index contributed by atoms with van der Waals surface area (Å²) in [6, 6.07) is 0. The molecule has 10 rings (SSSR count). The van der Waals surface area contributed by atoms with Gasteiger partial charge in [-0.05, 0) is 86.9 Å². The van der Waals surface area contributed by atoms with E-state index in [2.05, 4.69) is 46.8 Å². The molecule has 14 N–H and O–H groups in total. The first-order chi connectivity index (χ1) is 36.0. The van der Waals surface area contributed by atoms with Crippen molar-refractivity contribution in [3.63, 3.8) is 0 Å². The van der Waals surface area contributed by atoms with E-state index >= 15 is 0 Å². The molecule has 0 aromatic carbocycles. The van der Waals surface area contributed by atoms with Gasteiger partial charge in [-0.15, -0.1) is 0 Å². The van der Waals surface area contributed by atoms with E-state index in [1.807, 2.05) is 6.92 Å². The highest BCUT2D eigenvalue weighted by Gasteiger charge is 2.80. The Morgan fingerprint density at radius 2 is 1.09 bits per heavy atom. The third-order valence-electron chi connectivity index (χ3n) is 22.3. The zero-order chi connectivity index (χ0) is 56.1. The van der Waals surface area contributed by atoms with Gasteiger partial charge >= 0.3 is 0 Å². The zero-order valence-corrected chi connectivity index (χ0v) is 45.4. The molecule has 32 atom stereocenters. The Bertz CT molecular complexity index is 2140. The molecule has 0 aromatic heterocycles. The first-order valence-electron chi connectivity index (χ1n) is 27.9. The van der Waals surface area contributed by atoms with Gasteiger partial charge in [0.1, 0.15) is 85.5 Å². The summed E-state index contributed by atoms with van der Waals surface area (Å²) in [6.07, 6.45) is -26.6. The van der Waals surface area contributed by atoms with Crippen molar-refractivity contribution in [1.29, 1.82) is 0 Å². The number of allylic oxidation sites excluding steroid dienone is 1. The molecule has 5 aliphatic heterocycles. The van der Waals surface area contributed by atoms with Crippen LogP contribution in [0.5, 0.6) is 0 Å². The minimum atomic E-state index is -2.02. The van der Waals surface area contributed by atoms with Gasteiger partial charge in [0.15, 0.2) is 25.2 Å². The van der Waals surface area contributed by atoms with Crippen molar-refractivity contribution in [3.05, 3.63) is 12.2 Å². The quantitative estimate of drug-likeness (QED) is 0.0747. The molecule has 23 nitrogen and oxygen atoms in total. The minimum absolute atomic E-state index is 0.0104. The van der Waals surface area contributed by atoms with Gasteiger partial charge in [0.05, 0.1) is 62.5 Å². The van der Waals surface area contributed by atoms with E-state index < -0.39 is 182 Å². The van der Waals surface area contributed by atoms with Gasteiger partial charge in [0.25, 0.3) is 0 Å². The van der Waals surface area contributed by atoms with E-state index in [9.17, 15) is 71.5 Å². The predicted octanol–water partition coefficient (Wildman–Crippen LogP) is -2.58. The molecule has 23 heteroatoms. The maximum absolute atomic E-state index is 12.3. The van der Waals surface area contributed by atoms with Crippen LogP contribution in [0.1, 0.15) is 100 Å². The van der Waals surface area contributed by atoms with Crippen molar-refractivity contribution in [3.8, 4) is 0 Å². The van der Waals surface area contributed by atoms with Crippen molar-refractivity contribution in [2.24, 2.45) is 50.2 Å². The highest BCUT2D eigenvalue weighted by molar-refractivity contribution is 5.36. The topological polar surface area (TPSA) is 366 Å². The molecule has 442 valence electrons. The van der Waals surface area contributed by atoms with Gasteiger partial charge in [-0.3, -0.25) is 0 Å². The van der Waals surface area contributed by atoms with E-state index in [4.69, 9.17) is 42.6 Å². The van der Waals surface area contributed by atoms with Gasteiger partial charge in [0.2, 0.25) is 0 Å². The van der Waals surface area contributed by atoms with Crippen LogP contribution < -0.4 is 0 Å². The van der Waals surface area contributed by atoms with Crippen LogP contribution in [0.15, 0.2) is 12.2 Å². The molecular formula is C54H88O23. The van der Waals surface area contributed by atoms with Crippen LogP contribution in [0.2, 0.25) is 0 Å². The van der Waals surface area contributed by atoms with Gasteiger partial charge in [-0.1, -0.05) is 53.7 Å². The smallest absolute Gasteiger partial charge is 0.187 e. The normalized spacial score (nSPS) is 59.1. The number of aliphatic hydroxyl groups is 14. The molecule has 0 amide bonds. The fourth-order valence-electron chi connectivity index (χ4n) is 17.2. The lowest BCUT2D eigenvalue weighted by Crippen LogP contribution is -2.73. The number of aliphatic hydroxyl groups excluding tert-OH is 14. The third-order valence-corrected chi connectivity index (χ3v) is 22.3.